The van der Waals surface area contributed by atoms with Gasteiger partial charge in [0.1, 0.15) is 0 Å². The van der Waals surface area contributed by atoms with Gasteiger partial charge in [0.05, 0.1) is 6.26 Å². The predicted molar refractivity (Wildman–Crippen MR) is 101 cm³/mol. The molecule has 0 aromatic carbocycles. The molecule has 1 aliphatic heterocycles. The molecule has 1 aromatic heterocycles. The third kappa shape index (κ3) is 4.30. The molecular weight excluding hydrogens is 328 g/mol. The molecule has 2 amide bonds. The topological polar surface area (TPSA) is 62.6 Å². The second-order valence-corrected chi connectivity index (χ2v) is 8.92. The first-order chi connectivity index (χ1) is 12.4. The highest BCUT2D eigenvalue weighted by Gasteiger charge is 2.36. The molecule has 0 spiro atoms. The fraction of sp³-hybridized carbons (Fsp3) is 0.714. The standard InChI is InChI=1S/C21H32N2O3/c1-21(2,3)16-7-4-5-8-17(16)22-19(24)15-10-12-23(13-11-15)20(25)18-9-6-14-26-18/h6,9,14-17H,4-5,7-8,10-13H2,1-3H3,(H,22,24). The largest absolute Gasteiger partial charge is 0.459 e. The minimum absolute atomic E-state index is 0.0122. The summed E-state index contributed by atoms with van der Waals surface area (Å²) in [6.07, 6.45) is 7.73. The van der Waals surface area contributed by atoms with Crippen LogP contribution in [0.5, 0.6) is 0 Å². The van der Waals surface area contributed by atoms with Crippen LogP contribution in [0.25, 0.3) is 0 Å². The van der Waals surface area contributed by atoms with Gasteiger partial charge in [0.2, 0.25) is 5.91 Å². The maximum atomic E-state index is 12.8. The Morgan fingerprint density at radius 1 is 1.12 bits per heavy atom. The summed E-state index contributed by atoms with van der Waals surface area (Å²) >= 11 is 0. The third-order valence-electron chi connectivity index (χ3n) is 6.09. The molecule has 1 saturated heterocycles. The quantitative estimate of drug-likeness (QED) is 0.890. The Labute approximate surface area is 156 Å². The first kappa shape index (κ1) is 19.0. The zero-order valence-corrected chi connectivity index (χ0v) is 16.3. The minimum Gasteiger partial charge on any atom is -0.459 e. The highest BCUT2D eigenvalue weighted by atomic mass is 16.3. The van der Waals surface area contributed by atoms with Crippen LogP contribution in [-0.2, 0) is 4.79 Å². The van der Waals surface area contributed by atoms with E-state index in [4.69, 9.17) is 4.42 Å². The Morgan fingerprint density at radius 2 is 1.81 bits per heavy atom. The molecule has 0 radical (unpaired) electrons. The summed E-state index contributed by atoms with van der Waals surface area (Å²) in [4.78, 5) is 26.9. The maximum Gasteiger partial charge on any atom is 0.289 e. The lowest BCUT2D eigenvalue weighted by atomic mass is 9.69. The molecule has 2 unspecified atom stereocenters. The Hall–Kier alpha value is -1.78. The van der Waals surface area contributed by atoms with E-state index >= 15 is 0 Å². The van der Waals surface area contributed by atoms with Crippen LogP contribution >= 0.6 is 0 Å². The van der Waals surface area contributed by atoms with Gasteiger partial charge in [-0.1, -0.05) is 33.6 Å². The Kier molecular flexibility index (Phi) is 5.73. The van der Waals surface area contributed by atoms with Crippen molar-refractivity contribution in [1.29, 1.82) is 0 Å². The van der Waals surface area contributed by atoms with Crippen LogP contribution in [0.1, 0.15) is 69.9 Å². The molecule has 0 bridgehead atoms. The number of hydrogen-bond acceptors (Lipinski definition) is 3. The van der Waals surface area contributed by atoms with Gasteiger partial charge in [-0.15, -0.1) is 0 Å². The highest BCUT2D eigenvalue weighted by molar-refractivity contribution is 5.91. The van der Waals surface area contributed by atoms with Crippen molar-refractivity contribution in [1.82, 2.24) is 10.2 Å². The van der Waals surface area contributed by atoms with E-state index in [1.807, 2.05) is 0 Å². The lowest BCUT2D eigenvalue weighted by Crippen LogP contribution is -2.50. The van der Waals surface area contributed by atoms with Gasteiger partial charge in [-0.3, -0.25) is 9.59 Å². The average Bonchev–Trinajstić information content (AvgIpc) is 3.15. The monoisotopic (exact) mass is 360 g/mol. The smallest absolute Gasteiger partial charge is 0.289 e. The maximum absolute atomic E-state index is 12.8. The first-order valence-corrected chi connectivity index (χ1v) is 9.99. The van der Waals surface area contributed by atoms with Gasteiger partial charge in [-0.2, -0.15) is 0 Å². The molecule has 3 rings (SSSR count). The van der Waals surface area contributed by atoms with Crippen molar-refractivity contribution >= 4 is 11.8 Å². The number of piperidine rings is 1. The number of hydrogen-bond donors (Lipinski definition) is 1. The molecule has 1 aliphatic carbocycles. The summed E-state index contributed by atoms with van der Waals surface area (Å²) in [5, 5.41) is 3.36. The fourth-order valence-corrected chi connectivity index (χ4v) is 4.54. The van der Waals surface area contributed by atoms with Gasteiger partial charge >= 0.3 is 0 Å². The fourth-order valence-electron chi connectivity index (χ4n) is 4.54. The molecule has 1 aromatic rings. The third-order valence-corrected chi connectivity index (χ3v) is 6.09. The second-order valence-electron chi connectivity index (χ2n) is 8.92. The van der Waals surface area contributed by atoms with Gasteiger partial charge in [0.25, 0.3) is 5.91 Å². The number of nitrogens with zero attached hydrogens (tertiary/aromatic N) is 1. The Bertz CT molecular complexity index is 610. The van der Waals surface area contributed by atoms with Crippen LogP contribution in [0.3, 0.4) is 0 Å². The van der Waals surface area contributed by atoms with E-state index in [0.717, 1.165) is 19.3 Å². The molecule has 1 saturated carbocycles. The number of carbonyl (C=O) groups is 2. The molecule has 144 valence electrons. The summed E-state index contributed by atoms with van der Waals surface area (Å²) < 4.78 is 5.20. The molecule has 2 aliphatic rings. The Balaban J connectivity index is 1.52. The summed E-state index contributed by atoms with van der Waals surface area (Å²) in [6.45, 7) is 8.07. The van der Waals surface area contributed by atoms with Crippen LogP contribution in [0.15, 0.2) is 22.8 Å². The number of nitrogens with one attached hydrogen (secondary N) is 1. The average molecular weight is 360 g/mol. The summed E-state index contributed by atoms with van der Waals surface area (Å²) in [7, 11) is 0. The van der Waals surface area contributed by atoms with Crippen molar-refractivity contribution in [2.45, 2.75) is 65.3 Å². The van der Waals surface area contributed by atoms with E-state index in [-0.39, 0.29) is 23.1 Å². The zero-order chi connectivity index (χ0) is 18.7. The number of furan rings is 1. The van der Waals surface area contributed by atoms with Crippen LogP contribution in [-0.4, -0.2) is 35.8 Å². The summed E-state index contributed by atoms with van der Waals surface area (Å²) in [5.41, 5.74) is 0.219. The number of likely N-dealkylation sites (tertiary alicyclic amines) is 1. The molecule has 2 atom stereocenters. The van der Waals surface area contributed by atoms with Crippen molar-refractivity contribution in [3.63, 3.8) is 0 Å². The molecule has 26 heavy (non-hydrogen) atoms. The van der Waals surface area contributed by atoms with Gasteiger partial charge in [-0.05, 0) is 49.1 Å². The molecule has 1 N–H and O–H groups in total. The Morgan fingerprint density at radius 3 is 2.42 bits per heavy atom. The lowest BCUT2D eigenvalue weighted by molar-refractivity contribution is -0.128. The SMILES string of the molecule is CC(C)(C)C1CCCCC1NC(=O)C1CCN(C(=O)c2ccco2)CC1. The van der Waals surface area contributed by atoms with Crippen LogP contribution in [0.4, 0.5) is 0 Å². The minimum atomic E-state index is -0.0751. The van der Waals surface area contributed by atoms with Crippen LogP contribution < -0.4 is 5.32 Å². The number of carbonyl (C=O) groups excluding carboxylic acids is 2. The molecule has 5 heteroatoms. The van der Waals surface area contributed by atoms with E-state index in [1.165, 1.54) is 25.5 Å². The lowest BCUT2D eigenvalue weighted by Gasteiger charge is -2.41. The molecular formula is C21H32N2O3. The van der Waals surface area contributed by atoms with Crippen molar-refractivity contribution in [3.05, 3.63) is 24.2 Å². The van der Waals surface area contributed by atoms with Gasteiger partial charge in [0.15, 0.2) is 5.76 Å². The number of rotatable bonds is 3. The van der Waals surface area contributed by atoms with Crippen LogP contribution in [0, 0.1) is 17.3 Å². The van der Waals surface area contributed by atoms with Gasteiger partial charge < -0.3 is 14.6 Å². The molecule has 2 heterocycles. The first-order valence-electron chi connectivity index (χ1n) is 9.99. The van der Waals surface area contributed by atoms with Crippen LogP contribution in [0.2, 0.25) is 0 Å². The van der Waals surface area contributed by atoms with Crippen molar-refractivity contribution in [3.8, 4) is 0 Å². The van der Waals surface area contributed by atoms with Gasteiger partial charge in [0, 0.05) is 25.0 Å². The molecule has 5 nitrogen and oxygen atoms in total. The zero-order valence-electron chi connectivity index (χ0n) is 16.3. The molecule has 2 fully saturated rings. The van der Waals surface area contributed by atoms with Crippen molar-refractivity contribution < 1.29 is 14.0 Å². The van der Waals surface area contributed by atoms with Crippen molar-refractivity contribution in [2.75, 3.05) is 13.1 Å². The van der Waals surface area contributed by atoms with Crippen molar-refractivity contribution in [2.24, 2.45) is 17.3 Å². The predicted octanol–water partition coefficient (Wildman–Crippen LogP) is 3.85. The van der Waals surface area contributed by atoms with E-state index in [9.17, 15) is 9.59 Å². The van der Waals surface area contributed by atoms with E-state index < -0.39 is 0 Å². The van der Waals surface area contributed by atoms with E-state index in [1.54, 1.807) is 17.0 Å². The van der Waals surface area contributed by atoms with E-state index in [2.05, 4.69) is 26.1 Å². The normalized spacial score (nSPS) is 25.1. The summed E-state index contributed by atoms with van der Waals surface area (Å²) in [6, 6.07) is 3.71. The highest BCUT2D eigenvalue weighted by Crippen LogP contribution is 2.38. The number of amides is 2. The van der Waals surface area contributed by atoms with Gasteiger partial charge in [-0.25, -0.2) is 0 Å². The van der Waals surface area contributed by atoms with E-state index in [0.29, 0.717) is 30.8 Å². The summed E-state index contributed by atoms with van der Waals surface area (Å²) in [5.74, 6) is 1.03. The second kappa shape index (κ2) is 7.85.